The second-order valence-electron chi connectivity index (χ2n) is 6.89. The Morgan fingerprint density at radius 1 is 1.10 bits per heavy atom. The fourth-order valence-electron chi connectivity index (χ4n) is 3.48. The number of nitrogens with one attached hydrogen (secondary N) is 1. The number of carbonyl (C=O) groups excluding carboxylic acids is 1. The van der Waals surface area contributed by atoms with Gasteiger partial charge in [0.25, 0.3) is 0 Å². The molecule has 0 radical (unpaired) electrons. The molecular formula is C23H18BrNO3S. The lowest BCUT2D eigenvalue weighted by atomic mass is 10.0. The van der Waals surface area contributed by atoms with E-state index in [2.05, 4.69) is 39.5 Å². The number of carboxylic acids is 1. The van der Waals surface area contributed by atoms with Crippen molar-refractivity contribution in [3.8, 4) is 11.1 Å². The smallest absolute Gasteiger partial charge is 0.339 e. The number of fused-ring (bicyclic) bond motifs is 1. The third kappa shape index (κ3) is 4.33. The SMILES string of the molecule is O=C(CCC1=Cc2ccccc2C1)Nc1scc(-c2ccc(Br)cc2)c1C(=O)O. The number of hydrogen-bond acceptors (Lipinski definition) is 3. The molecule has 4 rings (SSSR count). The highest BCUT2D eigenvalue weighted by molar-refractivity contribution is 9.10. The zero-order valence-electron chi connectivity index (χ0n) is 15.4. The fraction of sp³-hybridized carbons (Fsp3) is 0.130. The summed E-state index contributed by atoms with van der Waals surface area (Å²) in [6.07, 6.45) is 4.00. The van der Waals surface area contributed by atoms with Crippen LogP contribution in [0.2, 0.25) is 0 Å². The number of hydrogen-bond donors (Lipinski definition) is 2. The molecule has 6 heteroatoms. The maximum absolute atomic E-state index is 12.5. The van der Waals surface area contributed by atoms with Crippen LogP contribution in [0.3, 0.4) is 0 Å². The topological polar surface area (TPSA) is 66.4 Å². The van der Waals surface area contributed by atoms with Gasteiger partial charge in [0, 0.05) is 21.8 Å². The molecule has 2 N–H and O–H groups in total. The third-order valence-electron chi connectivity index (χ3n) is 4.92. The lowest BCUT2D eigenvalue weighted by molar-refractivity contribution is -0.116. The van der Waals surface area contributed by atoms with Gasteiger partial charge < -0.3 is 10.4 Å². The van der Waals surface area contributed by atoms with Crippen molar-refractivity contribution >= 4 is 50.2 Å². The Morgan fingerprint density at radius 2 is 1.86 bits per heavy atom. The number of allylic oxidation sites excluding steroid dienone is 1. The molecule has 0 fully saturated rings. The van der Waals surface area contributed by atoms with Crippen LogP contribution in [0.1, 0.15) is 34.3 Å². The van der Waals surface area contributed by atoms with Crippen molar-refractivity contribution in [1.82, 2.24) is 0 Å². The van der Waals surface area contributed by atoms with Gasteiger partial charge in [0.2, 0.25) is 5.91 Å². The van der Waals surface area contributed by atoms with E-state index in [1.165, 1.54) is 28.0 Å². The monoisotopic (exact) mass is 467 g/mol. The minimum atomic E-state index is -1.05. The van der Waals surface area contributed by atoms with Crippen molar-refractivity contribution in [3.05, 3.63) is 80.6 Å². The number of thiophene rings is 1. The van der Waals surface area contributed by atoms with Crippen LogP contribution in [0.4, 0.5) is 5.00 Å². The van der Waals surface area contributed by atoms with E-state index in [0.29, 0.717) is 23.4 Å². The number of aromatic carboxylic acids is 1. The Kier molecular flexibility index (Phi) is 5.65. The molecule has 4 nitrogen and oxygen atoms in total. The lowest BCUT2D eigenvalue weighted by Crippen LogP contribution is -2.13. The number of benzene rings is 2. The zero-order chi connectivity index (χ0) is 20.4. The van der Waals surface area contributed by atoms with E-state index in [1.54, 1.807) is 5.38 Å². The molecular weight excluding hydrogens is 450 g/mol. The van der Waals surface area contributed by atoms with Gasteiger partial charge in [-0.15, -0.1) is 11.3 Å². The molecule has 1 aromatic heterocycles. The number of carboxylic acid groups (broad SMARTS) is 1. The summed E-state index contributed by atoms with van der Waals surface area (Å²) in [7, 11) is 0. The van der Waals surface area contributed by atoms with Crippen molar-refractivity contribution in [3.63, 3.8) is 0 Å². The number of carbonyl (C=O) groups is 2. The standard InChI is InChI=1S/C23H18BrNO3S/c24-18-8-6-15(7-9-18)19-13-29-22(21(19)23(27)28)25-20(26)10-5-14-11-16-3-1-2-4-17(16)12-14/h1-4,6-9,11,13H,5,10,12H2,(H,25,26)(H,27,28). The van der Waals surface area contributed by atoms with Gasteiger partial charge in [-0.2, -0.15) is 0 Å². The molecule has 1 amide bonds. The lowest BCUT2D eigenvalue weighted by Gasteiger charge is -2.07. The van der Waals surface area contributed by atoms with Crippen LogP contribution in [-0.2, 0) is 11.2 Å². The maximum atomic E-state index is 12.5. The summed E-state index contributed by atoms with van der Waals surface area (Å²) in [5, 5.41) is 14.7. The number of anilines is 1. The molecule has 0 unspecified atom stereocenters. The van der Waals surface area contributed by atoms with Crippen LogP contribution in [-0.4, -0.2) is 17.0 Å². The number of halogens is 1. The summed E-state index contributed by atoms with van der Waals surface area (Å²) in [5.74, 6) is -1.22. The van der Waals surface area contributed by atoms with Crippen LogP contribution < -0.4 is 5.32 Å². The average molecular weight is 468 g/mol. The summed E-state index contributed by atoms with van der Waals surface area (Å²) < 4.78 is 0.922. The zero-order valence-corrected chi connectivity index (χ0v) is 17.8. The predicted molar refractivity (Wildman–Crippen MR) is 120 cm³/mol. The first-order valence-electron chi connectivity index (χ1n) is 9.19. The van der Waals surface area contributed by atoms with Crippen LogP contribution in [0.25, 0.3) is 17.2 Å². The van der Waals surface area contributed by atoms with Gasteiger partial charge in [0.15, 0.2) is 0 Å². The highest BCUT2D eigenvalue weighted by Crippen LogP contribution is 2.36. The first kappa shape index (κ1) is 19.6. The van der Waals surface area contributed by atoms with Gasteiger partial charge in [-0.25, -0.2) is 4.79 Å². The molecule has 0 saturated carbocycles. The summed E-state index contributed by atoms with van der Waals surface area (Å²) in [4.78, 5) is 24.3. The first-order valence-corrected chi connectivity index (χ1v) is 10.9. The Labute approximate surface area is 181 Å². The predicted octanol–water partition coefficient (Wildman–Crippen LogP) is 6.23. The Morgan fingerprint density at radius 3 is 2.59 bits per heavy atom. The van der Waals surface area contributed by atoms with Gasteiger partial charge >= 0.3 is 5.97 Å². The Hall–Kier alpha value is -2.70. The average Bonchev–Trinajstić information content (AvgIpc) is 3.30. The van der Waals surface area contributed by atoms with Crippen molar-refractivity contribution in [2.45, 2.75) is 19.3 Å². The summed E-state index contributed by atoms with van der Waals surface area (Å²) in [5.41, 5.74) is 5.28. The van der Waals surface area contributed by atoms with E-state index >= 15 is 0 Å². The molecule has 3 aromatic rings. The largest absolute Gasteiger partial charge is 0.478 e. The summed E-state index contributed by atoms with van der Waals surface area (Å²) in [6.45, 7) is 0. The molecule has 0 atom stereocenters. The third-order valence-corrected chi connectivity index (χ3v) is 6.34. The highest BCUT2D eigenvalue weighted by atomic mass is 79.9. The molecule has 2 aromatic carbocycles. The minimum absolute atomic E-state index is 0.137. The quantitative estimate of drug-likeness (QED) is 0.451. The number of rotatable bonds is 6. The van der Waals surface area contributed by atoms with Crippen molar-refractivity contribution in [2.24, 2.45) is 0 Å². The Bertz CT molecular complexity index is 1120. The van der Waals surface area contributed by atoms with E-state index in [9.17, 15) is 14.7 Å². The molecule has 146 valence electrons. The van der Waals surface area contributed by atoms with Crippen molar-refractivity contribution in [2.75, 3.05) is 5.32 Å². The molecule has 1 aliphatic rings. The van der Waals surface area contributed by atoms with Crippen LogP contribution >= 0.6 is 27.3 Å². The molecule has 0 bridgehead atoms. The van der Waals surface area contributed by atoms with E-state index in [0.717, 1.165) is 16.5 Å². The normalized spacial score (nSPS) is 12.4. The van der Waals surface area contributed by atoms with Gasteiger partial charge in [0.05, 0.1) is 0 Å². The van der Waals surface area contributed by atoms with Gasteiger partial charge in [-0.3, -0.25) is 4.79 Å². The van der Waals surface area contributed by atoms with E-state index in [4.69, 9.17) is 0 Å². The van der Waals surface area contributed by atoms with Crippen LogP contribution in [0, 0.1) is 0 Å². The van der Waals surface area contributed by atoms with Gasteiger partial charge in [-0.1, -0.05) is 64.0 Å². The maximum Gasteiger partial charge on any atom is 0.339 e. The van der Waals surface area contributed by atoms with Gasteiger partial charge in [0.1, 0.15) is 10.6 Å². The second kappa shape index (κ2) is 8.35. The van der Waals surface area contributed by atoms with Crippen molar-refractivity contribution in [1.29, 1.82) is 0 Å². The molecule has 0 spiro atoms. The molecule has 1 aliphatic carbocycles. The second-order valence-corrected chi connectivity index (χ2v) is 8.69. The molecule has 0 saturated heterocycles. The van der Waals surface area contributed by atoms with E-state index in [1.807, 2.05) is 36.4 Å². The summed E-state index contributed by atoms with van der Waals surface area (Å²) >= 11 is 4.62. The molecule has 0 aliphatic heterocycles. The van der Waals surface area contributed by atoms with Gasteiger partial charge in [-0.05, 0) is 41.7 Å². The number of amides is 1. The fourth-order valence-corrected chi connectivity index (χ4v) is 4.72. The van der Waals surface area contributed by atoms with E-state index < -0.39 is 5.97 Å². The highest BCUT2D eigenvalue weighted by Gasteiger charge is 2.21. The summed E-state index contributed by atoms with van der Waals surface area (Å²) in [6, 6.07) is 15.7. The molecule has 29 heavy (non-hydrogen) atoms. The minimum Gasteiger partial charge on any atom is -0.478 e. The van der Waals surface area contributed by atoms with E-state index in [-0.39, 0.29) is 11.5 Å². The van der Waals surface area contributed by atoms with Crippen LogP contribution in [0.5, 0.6) is 0 Å². The van der Waals surface area contributed by atoms with Crippen LogP contribution in [0.15, 0.2) is 64.0 Å². The molecule has 1 heterocycles. The van der Waals surface area contributed by atoms with Crippen molar-refractivity contribution < 1.29 is 14.7 Å². The Balaban J connectivity index is 1.45. The first-order chi connectivity index (χ1) is 14.0.